The first-order valence-corrected chi connectivity index (χ1v) is 6.45. The molecule has 0 saturated heterocycles. The third-order valence-corrected chi connectivity index (χ3v) is 3.18. The van der Waals surface area contributed by atoms with Crippen molar-refractivity contribution in [3.63, 3.8) is 0 Å². The summed E-state index contributed by atoms with van der Waals surface area (Å²) in [6, 6.07) is 6.43. The molecule has 0 unspecified atom stereocenters. The van der Waals surface area contributed by atoms with Crippen molar-refractivity contribution in [1.82, 2.24) is 0 Å². The third-order valence-electron chi connectivity index (χ3n) is 2.72. The van der Waals surface area contributed by atoms with Gasteiger partial charge in [-0.25, -0.2) is 4.39 Å². The predicted molar refractivity (Wildman–Crippen MR) is 73.4 cm³/mol. The van der Waals surface area contributed by atoms with Crippen LogP contribution in [0.2, 0.25) is 0 Å². The summed E-state index contributed by atoms with van der Waals surface area (Å²) in [6.45, 7) is 0. The number of halogens is 5. The van der Waals surface area contributed by atoms with Gasteiger partial charge >= 0.3 is 6.18 Å². The minimum absolute atomic E-state index is 0.154. The third kappa shape index (κ3) is 3.41. The molecule has 21 heavy (non-hydrogen) atoms. The van der Waals surface area contributed by atoms with Gasteiger partial charge in [-0.1, -0.05) is 22.0 Å². The van der Waals surface area contributed by atoms with Crippen molar-refractivity contribution in [2.75, 3.05) is 5.73 Å². The zero-order chi connectivity index (χ0) is 15.8. The lowest BCUT2D eigenvalue weighted by atomic mass is 10.0. The van der Waals surface area contributed by atoms with Crippen LogP contribution >= 0.6 is 15.9 Å². The molecule has 0 aliphatic carbocycles. The van der Waals surface area contributed by atoms with E-state index in [0.29, 0.717) is 22.3 Å². The molecule has 0 amide bonds. The summed E-state index contributed by atoms with van der Waals surface area (Å²) in [4.78, 5) is 12.1. The minimum Gasteiger partial charge on any atom is -0.399 e. The van der Waals surface area contributed by atoms with Gasteiger partial charge in [-0.05, 0) is 30.3 Å². The minimum atomic E-state index is -4.80. The van der Waals surface area contributed by atoms with E-state index in [4.69, 9.17) is 5.73 Å². The van der Waals surface area contributed by atoms with Crippen molar-refractivity contribution in [2.24, 2.45) is 0 Å². The van der Waals surface area contributed by atoms with Gasteiger partial charge in [0.2, 0.25) is 0 Å². The largest absolute Gasteiger partial charge is 0.419 e. The maximum atomic E-state index is 13.5. The van der Waals surface area contributed by atoms with Gasteiger partial charge in [-0.2, -0.15) is 13.2 Å². The molecule has 7 heteroatoms. The number of carbonyl (C=O) groups is 1. The van der Waals surface area contributed by atoms with Crippen molar-refractivity contribution < 1.29 is 22.4 Å². The zero-order valence-corrected chi connectivity index (χ0v) is 11.9. The molecule has 0 aliphatic heterocycles. The van der Waals surface area contributed by atoms with Crippen LogP contribution in [-0.2, 0) is 6.18 Å². The summed E-state index contributed by atoms with van der Waals surface area (Å²) < 4.78 is 51.4. The molecule has 0 atom stereocenters. The molecule has 0 fully saturated rings. The number of nitrogen functional groups attached to an aromatic ring is 1. The maximum Gasteiger partial charge on any atom is 0.419 e. The average molecular weight is 362 g/mol. The van der Waals surface area contributed by atoms with Crippen LogP contribution in [-0.4, -0.2) is 5.78 Å². The standard InChI is InChI=1S/C14H8BrF4NO/c15-9-3-8(4-10(20)6-9)13(21)7-1-2-11(12(16)5-7)14(17,18)19/h1-6H,20H2. The highest BCUT2D eigenvalue weighted by Crippen LogP contribution is 2.32. The quantitative estimate of drug-likeness (QED) is 0.488. The molecule has 0 spiro atoms. The molecule has 0 aliphatic rings. The van der Waals surface area contributed by atoms with Gasteiger partial charge < -0.3 is 5.73 Å². The van der Waals surface area contributed by atoms with Crippen LogP contribution in [0, 0.1) is 5.82 Å². The molecule has 0 bridgehead atoms. The fraction of sp³-hybridized carbons (Fsp3) is 0.0714. The van der Waals surface area contributed by atoms with Crippen LogP contribution in [0.1, 0.15) is 21.5 Å². The summed E-state index contributed by atoms with van der Waals surface area (Å²) >= 11 is 3.15. The van der Waals surface area contributed by atoms with Gasteiger partial charge in [-0.3, -0.25) is 4.79 Å². The van der Waals surface area contributed by atoms with E-state index in [-0.39, 0.29) is 11.1 Å². The Morgan fingerprint density at radius 1 is 1.05 bits per heavy atom. The Kier molecular flexibility index (Phi) is 4.04. The summed E-state index contributed by atoms with van der Waals surface area (Å²) in [6.07, 6.45) is -4.80. The van der Waals surface area contributed by atoms with Gasteiger partial charge in [0, 0.05) is 21.3 Å². The summed E-state index contributed by atoms with van der Waals surface area (Å²) in [5, 5.41) is 0. The van der Waals surface area contributed by atoms with Crippen LogP contribution in [0.15, 0.2) is 40.9 Å². The summed E-state index contributed by atoms with van der Waals surface area (Å²) in [7, 11) is 0. The Labute approximate surface area is 125 Å². The Bertz CT molecular complexity index is 692. The zero-order valence-electron chi connectivity index (χ0n) is 10.3. The number of hydrogen-bond acceptors (Lipinski definition) is 2. The SMILES string of the molecule is Nc1cc(Br)cc(C(=O)c2ccc(C(F)(F)F)c(F)c2)c1. The van der Waals surface area contributed by atoms with Crippen molar-refractivity contribution in [1.29, 1.82) is 0 Å². The van der Waals surface area contributed by atoms with Crippen molar-refractivity contribution in [3.05, 3.63) is 63.4 Å². The van der Waals surface area contributed by atoms with Crippen molar-refractivity contribution >= 4 is 27.4 Å². The molecule has 2 nitrogen and oxygen atoms in total. The number of alkyl halides is 3. The first kappa shape index (κ1) is 15.5. The number of nitrogens with two attached hydrogens (primary N) is 1. The summed E-state index contributed by atoms with van der Waals surface area (Å²) in [5.74, 6) is -2.10. The lowest BCUT2D eigenvalue weighted by Crippen LogP contribution is -2.10. The second-order valence-corrected chi connectivity index (χ2v) is 5.21. The second kappa shape index (κ2) is 5.48. The van der Waals surface area contributed by atoms with Gasteiger partial charge in [0.15, 0.2) is 5.78 Å². The normalized spacial score (nSPS) is 11.5. The first-order chi connectivity index (χ1) is 9.68. The Hall–Kier alpha value is -1.89. The molecule has 0 heterocycles. The Morgan fingerprint density at radius 2 is 1.71 bits per heavy atom. The Balaban J connectivity index is 2.43. The molecule has 2 aromatic rings. The van der Waals surface area contributed by atoms with Gasteiger partial charge in [-0.15, -0.1) is 0 Å². The Morgan fingerprint density at radius 3 is 2.24 bits per heavy atom. The van der Waals surface area contributed by atoms with E-state index < -0.39 is 23.3 Å². The monoisotopic (exact) mass is 361 g/mol. The summed E-state index contributed by atoms with van der Waals surface area (Å²) in [5.41, 5.74) is 4.45. The number of rotatable bonds is 2. The number of hydrogen-bond donors (Lipinski definition) is 1. The molecule has 2 aromatic carbocycles. The van der Waals surface area contributed by atoms with Crippen LogP contribution < -0.4 is 5.73 Å². The van der Waals surface area contributed by atoms with Crippen molar-refractivity contribution in [3.8, 4) is 0 Å². The molecular formula is C14H8BrF4NO. The number of benzene rings is 2. The smallest absolute Gasteiger partial charge is 0.399 e. The maximum absolute atomic E-state index is 13.5. The van der Waals surface area contributed by atoms with E-state index in [1.54, 1.807) is 6.07 Å². The molecule has 110 valence electrons. The fourth-order valence-electron chi connectivity index (χ4n) is 1.80. The number of anilines is 1. The van der Waals surface area contributed by atoms with Gasteiger partial charge in [0.05, 0.1) is 5.56 Å². The number of carbonyl (C=O) groups excluding carboxylic acids is 1. The molecule has 0 radical (unpaired) electrons. The van der Waals surface area contributed by atoms with Gasteiger partial charge in [0.25, 0.3) is 0 Å². The average Bonchev–Trinajstić information content (AvgIpc) is 2.35. The lowest BCUT2D eigenvalue weighted by molar-refractivity contribution is -0.140. The van der Waals surface area contributed by atoms with E-state index in [0.717, 1.165) is 6.07 Å². The van der Waals surface area contributed by atoms with Gasteiger partial charge in [0.1, 0.15) is 5.82 Å². The molecule has 2 rings (SSSR count). The van der Waals surface area contributed by atoms with Crippen LogP contribution in [0.4, 0.5) is 23.2 Å². The highest BCUT2D eigenvalue weighted by Gasteiger charge is 2.34. The highest BCUT2D eigenvalue weighted by atomic mass is 79.9. The van der Waals surface area contributed by atoms with Crippen molar-refractivity contribution in [2.45, 2.75) is 6.18 Å². The van der Waals surface area contributed by atoms with Crippen LogP contribution in [0.3, 0.4) is 0 Å². The van der Waals surface area contributed by atoms with E-state index in [1.165, 1.54) is 12.1 Å². The molecule has 0 aromatic heterocycles. The van der Waals surface area contributed by atoms with Crippen LogP contribution in [0.25, 0.3) is 0 Å². The molecule has 2 N–H and O–H groups in total. The van der Waals surface area contributed by atoms with E-state index in [9.17, 15) is 22.4 Å². The predicted octanol–water partition coefficient (Wildman–Crippen LogP) is 4.42. The second-order valence-electron chi connectivity index (χ2n) is 4.29. The lowest BCUT2D eigenvalue weighted by Gasteiger charge is -2.09. The van der Waals surface area contributed by atoms with E-state index in [2.05, 4.69) is 15.9 Å². The van der Waals surface area contributed by atoms with E-state index >= 15 is 0 Å². The first-order valence-electron chi connectivity index (χ1n) is 5.66. The topological polar surface area (TPSA) is 43.1 Å². The highest BCUT2D eigenvalue weighted by molar-refractivity contribution is 9.10. The fourth-order valence-corrected chi connectivity index (χ4v) is 2.31. The molecule has 0 saturated carbocycles. The number of ketones is 1. The van der Waals surface area contributed by atoms with Crippen LogP contribution in [0.5, 0.6) is 0 Å². The van der Waals surface area contributed by atoms with E-state index in [1.807, 2.05) is 0 Å². The molecular weight excluding hydrogens is 354 g/mol.